The van der Waals surface area contributed by atoms with Gasteiger partial charge in [0.05, 0.1) is 35.5 Å². The Morgan fingerprint density at radius 1 is 1.05 bits per heavy atom. The third-order valence-electron chi connectivity index (χ3n) is 7.77. The second kappa shape index (κ2) is 13.6. The van der Waals surface area contributed by atoms with Crippen LogP contribution in [0.15, 0.2) is 53.7 Å². The summed E-state index contributed by atoms with van der Waals surface area (Å²) in [5, 5.41) is 4.03. The SMILES string of the molecule is COCCN(C)[C@H]1CC[C@H](Nc2ncc3cc(-c4c(F)ccc(NS(=O)(=O)c5cc(Cl)cnc5OC)c4F)ccc3n2)CC1. The molecule has 0 aliphatic heterocycles. The summed E-state index contributed by atoms with van der Waals surface area (Å²) in [4.78, 5) is 14.8. The summed E-state index contributed by atoms with van der Waals surface area (Å²) in [6.45, 7) is 1.61. The van der Waals surface area contributed by atoms with Gasteiger partial charge in [-0.25, -0.2) is 32.2 Å². The van der Waals surface area contributed by atoms with Crippen LogP contribution in [0.1, 0.15) is 25.7 Å². The number of sulfonamides is 1. The average molecular weight is 647 g/mol. The molecule has 5 rings (SSSR count). The van der Waals surface area contributed by atoms with E-state index in [1.54, 1.807) is 25.4 Å². The summed E-state index contributed by atoms with van der Waals surface area (Å²) in [7, 11) is 0.680. The highest BCUT2D eigenvalue weighted by molar-refractivity contribution is 7.92. The van der Waals surface area contributed by atoms with Crippen LogP contribution >= 0.6 is 11.6 Å². The fraction of sp³-hybridized carbons (Fsp3) is 0.367. The third kappa shape index (κ3) is 7.01. The van der Waals surface area contributed by atoms with Gasteiger partial charge in [0, 0.05) is 43.5 Å². The molecule has 234 valence electrons. The molecule has 0 bridgehead atoms. The molecule has 1 saturated carbocycles. The van der Waals surface area contributed by atoms with E-state index in [0.717, 1.165) is 50.4 Å². The van der Waals surface area contributed by atoms with Gasteiger partial charge < -0.3 is 19.7 Å². The lowest BCUT2D eigenvalue weighted by atomic mass is 9.90. The first-order valence-electron chi connectivity index (χ1n) is 14.0. The minimum atomic E-state index is -4.39. The van der Waals surface area contributed by atoms with Crippen LogP contribution in [0.4, 0.5) is 20.4 Å². The van der Waals surface area contributed by atoms with Gasteiger partial charge in [-0.05, 0) is 68.6 Å². The normalized spacial score (nSPS) is 17.2. The van der Waals surface area contributed by atoms with Crippen molar-refractivity contribution in [2.24, 2.45) is 0 Å². The monoisotopic (exact) mass is 646 g/mol. The van der Waals surface area contributed by atoms with Crippen molar-refractivity contribution in [2.75, 3.05) is 44.5 Å². The molecule has 0 amide bonds. The molecular formula is C30H33ClF2N6O4S. The van der Waals surface area contributed by atoms with Crippen LogP contribution in [-0.4, -0.2) is 74.8 Å². The Morgan fingerprint density at radius 2 is 1.82 bits per heavy atom. The van der Waals surface area contributed by atoms with Gasteiger partial charge in [0.1, 0.15) is 5.82 Å². The van der Waals surface area contributed by atoms with Crippen molar-refractivity contribution in [1.29, 1.82) is 0 Å². The van der Waals surface area contributed by atoms with E-state index >= 15 is 4.39 Å². The Kier molecular flexibility index (Phi) is 9.78. The van der Waals surface area contributed by atoms with Crippen LogP contribution < -0.4 is 14.8 Å². The first-order valence-corrected chi connectivity index (χ1v) is 15.9. The second-order valence-electron chi connectivity index (χ2n) is 10.6. The highest BCUT2D eigenvalue weighted by Crippen LogP contribution is 2.34. The molecule has 0 spiro atoms. The minimum Gasteiger partial charge on any atom is -0.480 e. The Bertz CT molecular complexity index is 1760. The lowest BCUT2D eigenvalue weighted by molar-refractivity contribution is 0.121. The number of pyridine rings is 1. The molecule has 2 aromatic carbocycles. The number of fused-ring (bicyclic) bond motifs is 1. The van der Waals surface area contributed by atoms with Gasteiger partial charge >= 0.3 is 0 Å². The maximum Gasteiger partial charge on any atom is 0.267 e. The number of anilines is 2. The summed E-state index contributed by atoms with van der Waals surface area (Å²) in [6, 6.07) is 8.62. The molecule has 0 saturated heterocycles. The molecule has 0 unspecified atom stereocenters. The van der Waals surface area contributed by atoms with Crippen LogP contribution in [0.3, 0.4) is 0 Å². The van der Waals surface area contributed by atoms with E-state index in [4.69, 9.17) is 21.1 Å². The summed E-state index contributed by atoms with van der Waals surface area (Å²) in [5.41, 5.74) is -0.0788. The van der Waals surface area contributed by atoms with E-state index in [2.05, 4.69) is 36.9 Å². The van der Waals surface area contributed by atoms with Crippen molar-refractivity contribution in [3.63, 3.8) is 0 Å². The lowest BCUT2D eigenvalue weighted by Crippen LogP contribution is -2.39. The molecule has 0 radical (unpaired) electrons. The molecular weight excluding hydrogens is 614 g/mol. The quantitative estimate of drug-likeness (QED) is 0.210. The van der Waals surface area contributed by atoms with Crippen molar-refractivity contribution in [2.45, 2.75) is 42.7 Å². The number of nitrogens with zero attached hydrogens (tertiary/aromatic N) is 4. The minimum absolute atomic E-state index is 0.0390. The number of aromatic nitrogens is 3. The first-order chi connectivity index (χ1) is 21.1. The highest BCUT2D eigenvalue weighted by atomic mass is 35.5. The zero-order valence-electron chi connectivity index (χ0n) is 24.5. The van der Waals surface area contributed by atoms with Crippen molar-refractivity contribution < 1.29 is 26.7 Å². The molecule has 44 heavy (non-hydrogen) atoms. The Balaban J connectivity index is 1.33. The number of hydrogen-bond acceptors (Lipinski definition) is 9. The van der Waals surface area contributed by atoms with Crippen LogP contribution in [0.5, 0.6) is 5.88 Å². The van der Waals surface area contributed by atoms with Crippen LogP contribution in [0.25, 0.3) is 22.0 Å². The summed E-state index contributed by atoms with van der Waals surface area (Å²) >= 11 is 5.92. The van der Waals surface area contributed by atoms with E-state index in [9.17, 15) is 12.8 Å². The van der Waals surface area contributed by atoms with E-state index in [1.807, 2.05) is 0 Å². The smallest absolute Gasteiger partial charge is 0.267 e. The predicted octanol–water partition coefficient (Wildman–Crippen LogP) is 5.73. The molecule has 14 heteroatoms. The van der Waals surface area contributed by atoms with Crippen molar-refractivity contribution >= 4 is 44.2 Å². The van der Waals surface area contributed by atoms with Gasteiger partial charge in [0.15, 0.2) is 10.7 Å². The van der Waals surface area contributed by atoms with Gasteiger partial charge in [0.25, 0.3) is 10.0 Å². The Labute approximate surface area is 259 Å². The Hall–Kier alpha value is -3.65. The predicted molar refractivity (Wildman–Crippen MR) is 166 cm³/mol. The van der Waals surface area contributed by atoms with Crippen LogP contribution in [0, 0.1) is 11.6 Å². The largest absolute Gasteiger partial charge is 0.480 e. The lowest BCUT2D eigenvalue weighted by Gasteiger charge is -2.34. The number of halogens is 3. The fourth-order valence-corrected chi connectivity index (χ4v) is 6.80. The molecule has 1 fully saturated rings. The molecule has 0 atom stereocenters. The number of methoxy groups -OCH3 is 2. The van der Waals surface area contributed by atoms with Gasteiger partial charge in [-0.1, -0.05) is 17.7 Å². The maximum atomic E-state index is 15.7. The summed E-state index contributed by atoms with van der Waals surface area (Å²) in [5.74, 6) is -1.70. The number of benzene rings is 2. The highest BCUT2D eigenvalue weighted by Gasteiger charge is 2.26. The van der Waals surface area contributed by atoms with E-state index in [1.165, 1.54) is 19.4 Å². The summed E-state index contributed by atoms with van der Waals surface area (Å²) < 4.78 is 69.2. The number of hydrogen-bond donors (Lipinski definition) is 2. The van der Waals surface area contributed by atoms with Gasteiger partial charge in [0.2, 0.25) is 11.8 Å². The van der Waals surface area contributed by atoms with Gasteiger partial charge in [-0.2, -0.15) is 0 Å². The van der Waals surface area contributed by atoms with E-state index in [-0.39, 0.29) is 22.5 Å². The molecule has 1 aliphatic carbocycles. The third-order valence-corrected chi connectivity index (χ3v) is 9.34. The molecule has 2 N–H and O–H groups in total. The zero-order chi connectivity index (χ0) is 31.4. The number of rotatable bonds is 11. The van der Waals surface area contributed by atoms with Crippen molar-refractivity contribution in [1.82, 2.24) is 19.9 Å². The zero-order valence-corrected chi connectivity index (χ0v) is 26.1. The Morgan fingerprint density at radius 3 is 2.55 bits per heavy atom. The number of ether oxygens (including phenoxy) is 2. The molecule has 1 aliphatic rings. The van der Waals surface area contributed by atoms with Gasteiger partial charge in [-0.3, -0.25) is 4.72 Å². The standard InChI is InChI=1S/C30H33ClF2N6O4S/c1-39(12-13-42-2)22-7-5-21(6-8-22)36-30-35-16-19-14-18(4-10-24(19)37-30)27-23(32)9-11-25(28(27)33)38-44(40,41)26-15-20(31)17-34-29(26)43-3/h4,9-11,14-17,21-22,38H,5-8,12-13H2,1-3H3,(H,35,36,37)/t21-,22-. The molecule has 2 heterocycles. The molecule has 2 aromatic heterocycles. The number of nitrogens with one attached hydrogen (secondary N) is 2. The topological polar surface area (TPSA) is 119 Å². The van der Waals surface area contributed by atoms with Gasteiger partial charge in [-0.15, -0.1) is 0 Å². The molecule has 4 aromatic rings. The van der Waals surface area contributed by atoms with E-state index < -0.39 is 37.8 Å². The summed E-state index contributed by atoms with van der Waals surface area (Å²) in [6.07, 6.45) is 6.91. The maximum absolute atomic E-state index is 15.7. The number of likely N-dealkylation sites (N-methyl/N-ethyl adjacent to an activating group) is 1. The first kappa shape index (κ1) is 31.8. The average Bonchev–Trinajstić information content (AvgIpc) is 3.01. The fourth-order valence-electron chi connectivity index (χ4n) is 5.37. The molecule has 10 nitrogen and oxygen atoms in total. The van der Waals surface area contributed by atoms with Crippen LogP contribution in [-0.2, 0) is 14.8 Å². The van der Waals surface area contributed by atoms with Crippen molar-refractivity contribution in [3.8, 4) is 17.0 Å². The van der Waals surface area contributed by atoms with E-state index in [0.29, 0.717) is 29.5 Å². The van der Waals surface area contributed by atoms with Crippen LogP contribution in [0.2, 0.25) is 5.02 Å². The second-order valence-corrected chi connectivity index (χ2v) is 12.7. The van der Waals surface area contributed by atoms with Crippen molar-refractivity contribution in [3.05, 3.63) is 65.4 Å².